The maximum absolute atomic E-state index is 10.9. The highest BCUT2D eigenvalue weighted by atomic mass is 16.5. The number of nitrogens with one attached hydrogen (secondary N) is 2. The smallest absolute Gasteiger partial charge is 0.233 e. The molecule has 0 saturated heterocycles. The lowest BCUT2D eigenvalue weighted by Gasteiger charge is -1.96. The molecule has 0 bridgehead atoms. The van der Waals surface area contributed by atoms with Crippen LogP contribution in [0, 0.1) is 0 Å². The van der Waals surface area contributed by atoms with Gasteiger partial charge in [0.2, 0.25) is 11.8 Å². The Kier molecular flexibility index (Phi) is 1.28. The molecule has 2 N–H and O–H groups in total. The Hall–Kier alpha value is -1.52. The molecule has 0 aromatic carbocycles. The topological polar surface area (TPSA) is 67.0 Å². The molecule has 0 fully saturated rings. The van der Waals surface area contributed by atoms with E-state index in [-0.39, 0.29) is 5.91 Å². The molecular weight excluding hydrogens is 146 g/mol. The first-order chi connectivity index (χ1) is 5.36. The normalized spacial score (nSPS) is 16.2. The molecule has 1 aliphatic heterocycles. The summed E-state index contributed by atoms with van der Waals surface area (Å²) in [5.74, 6) is 0.501. The van der Waals surface area contributed by atoms with E-state index in [9.17, 15) is 4.79 Å². The van der Waals surface area contributed by atoms with Gasteiger partial charge in [0.1, 0.15) is 5.69 Å². The summed E-state index contributed by atoms with van der Waals surface area (Å²) in [5, 5.41) is 8.99. The van der Waals surface area contributed by atoms with Gasteiger partial charge in [0.25, 0.3) is 0 Å². The maximum atomic E-state index is 10.9. The summed E-state index contributed by atoms with van der Waals surface area (Å²) in [6, 6.07) is 0. The van der Waals surface area contributed by atoms with Gasteiger partial charge < -0.3 is 10.1 Å². The van der Waals surface area contributed by atoms with Gasteiger partial charge in [0.05, 0.1) is 19.2 Å². The van der Waals surface area contributed by atoms with Crippen molar-refractivity contribution in [3.05, 3.63) is 6.20 Å². The second-order valence-electron chi connectivity index (χ2n) is 2.26. The molecule has 1 aliphatic rings. The fourth-order valence-electron chi connectivity index (χ4n) is 0.932. The zero-order valence-corrected chi connectivity index (χ0v) is 5.76. The van der Waals surface area contributed by atoms with E-state index in [4.69, 9.17) is 4.74 Å². The molecule has 1 aromatic heterocycles. The van der Waals surface area contributed by atoms with Crippen LogP contribution in [-0.2, 0) is 4.79 Å². The summed E-state index contributed by atoms with van der Waals surface area (Å²) in [7, 11) is 0. The van der Waals surface area contributed by atoms with Crippen molar-refractivity contribution in [2.75, 3.05) is 11.9 Å². The molecule has 0 unspecified atom stereocenters. The zero-order valence-electron chi connectivity index (χ0n) is 5.76. The Bertz CT molecular complexity index is 281. The fraction of sp³-hybridized carbons (Fsp3) is 0.333. The lowest BCUT2D eigenvalue weighted by molar-refractivity contribution is -0.116. The molecule has 0 radical (unpaired) electrons. The summed E-state index contributed by atoms with van der Waals surface area (Å²) >= 11 is 0. The Morgan fingerprint density at radius 2 is 2.55 bits per heavy atom. The maximum Gasteiger partial charge on any atom is 0.233 e. The van der Waals surface area contributed by atoms with Gasteiger partial charge in [-0.25, -0.2) is 5.10 Å². The molecule has 2 heterocycles. The number of amides is 1. The predicted molar refractivity (Wildman–Crippen MR) is 37.3 cm³/mol. The number of hydrogen-bond acceptors (Lipinski definition) is 3. The highest BCUT2D eigenvalue weighted by Gasteiger charge is 2.14. The van der Waals surface area contributed by atoms with Crippen LogP contribution in [0.15, 0.2) is 6.20 Å². The number of ether oxygens (including phenoxy) is 1. The van der Waals surface area contributed by atoms with Crippen LogP contribution in [-0.4, -0.2) is 22.7 Å². The third-order valence-electron chi connectivity index (χ3n) is 1.45. The van der Waals surface area contributed by atoms with Crippen LogP contribution in [0.5, 0.6) is 5.88 Å². The van der Waals surface area contributed by atoms with E-state index in [1.807, 2.05) is 0 Å². The summed E-state index contributed by atoms with van der Waals surface area (Å²) in [6.45, 7) is 0.404. The van der Waals surface area contributed by atoms with Gasteiger partial charge >= 0.3 is 0 Å². The average molecular weight is 153 g/mol. The number of nitrogens with zero attached hydrogens (tertiary/aromatic N) is 1. The second-order valence-corrected chi connectivity index (χ2v) is 2.26. The first kappa shape index (κ1) is 6.21. The Labute approximate surface area is 62.7 Å². The van der Waals surface area contributed by atoms with Gasteiger partial charge in [-0.05, 0) is 0 Å². The summed E-state index contributed by atoms with van der Waals surface area (Å²) in [5.41, 5.74) is 0.618. The van der Waals surface area contributed by atoms with Crippen molar-refractivity contribution >= 4 is 11.6 Å². The van der Waals surface area contributed by atoms with Crippen molar-refractivity contribution in [3.8, 4) is 5.88 Å². The summed E-state index contributed by atoms with van der Waals surface area (Å²) < 4.78 is 5.16. The number of anilines is 1. The van der Waals surface area contributed by atoms with E-state index in [1.54, 1.807) is 0 Å². The van der Waals surface area contributed by atoms with Crippen molar-refractivity contribution in [1.29, 1.82) is 0 Å². The number of fused-ring (bicyclic) bond motifs is 1. The van der Waals surface area contributed by atoms with Gasteiger partial charge in [-0.1, -0.05) is 0 Å². The molecule has 0 spiro atoms. The molecule has 1 aromatic rings. The largest absolute Gasteiger partial charge is 0.476 e. The van der Waals surface area contributed by atoms with Crippen molar-refractivity contribution in [2.45, 2.75) is 6.42 Å². The Morgan fingerprint density at radius 1 is 1.64 bits per heavy atom. The second kappa shape index (κ2) is 2.26. The molecule has 11 heavy (non-hydrogen) atoms. The van der Waals surface area contributed by atoms with Gasteiger partial charge in [0.15, 0.2) is 0 Å². The van der Waals surface area contributed by atoms with Crippen LogP contribution >= 0.6 is 0 Å². The molecular formula is C6H7N3O2. The standard InChI is InChI=1S/C6H7N3O2/c10-5-1-2-11-6-4(8-5)3-7-9-6/h3H,1-2H2,(H,7,9)(H,8,10). The van der Waals surface area contributed by atoms with Gasteiger partial charge in [0, 0.05) is 0 Å². The predicted octanol–water partition coefficient (Wildman–Crippen LogP) is 0.131. The summed E-state index contributed by atoms with van der Waals surface area (Å²) in [6.07, 6.45) is 1.92. The van der Waals surface area contributed by atoms with Gasteiger partial charge in [-0.2, -0.15) is 5.10 Å². The van der Waals surface area contributed by atoms with Crippen LogP contribution in [0.1, 0.15) is 6.42 Å². The molecule has 0 saturated carbocycles. The third kappa shape index (κ3) is 1.04. The van der Waals surface area contributed by atoms with Gasteiger partial charge in [-0.15, -0.1) is 0 Å². The summed E-state index contributed by atoms with van der Waals surface area (Å²) in [4.78, 5) is 10.9. The number of aromatic amines is 1. The molecule has 58 valence electrons. The molecule has 5 heteroatoms. The van der Waals surface area contributed by atoms with Crippen LogP contribution in [0.25, 0.3) is 0 Å². The van der Waals surface area contributed by atoms with Crippen molar-refractivity contribution in [3.63, 3.8) is 0 Å². The van der Waals surface area contributed by atoms with E-state index in [0.29, 0.717) is 24.6 Å². The Morgan fingerprint density at radius 3 is 3.45 bits per heavy atom. The van der Waals surface area contributed by atoms with E-state index in [2.05, 4.69) is 15.5 Å². The first-order valence-electron chi connectivity index (χ1n) is 3.32. The quantitative estimate of drug-likeness (QED) is 0.556. The monoisotopic (exact) mass is 153 g/mol. The van der Waals surface area contributed by atoms with E-state index < -0.39 is 0 Å². The number of carbonyl (C=O) groups excluding carboxylic acids is 1. The lowest BCUT2D eigenvalue weighted by Crippen LogP contribution is -2.10. The van der Waals surface area contributed by atoms with Crippen LogP contribution in [0.4, 0.5) is 5.69 Å². The van der Waals surface area contributed by atoms with Crippen LogP contribution in [0.3, 0.4) is 0 Å². The number of hydrogen-bond donors (Lipinski definition) is 2. The minimum Gasteiger partial charge on any atom is -0.476 e. The lowest BCUT2D eigenvalue weighted by atomic mass is 10.4. The van der Waals surface area contributed by atoms with E-state index in [1.165, 1.54) is 6.20 Å². The third-order valence-corrected chi connectivity index (χ3v) is 1.45. The first-order valence-corrected chi connectivity index (χ1v) is 3.32. The minimum atomic E-state index is -0.0369. The zero-order chi connectivity index (χ0) is 7.68. The van der Waals surface area contributed by atoms with Crippen molar-refractivity contribution in [2.24, 2.45) is 0 Å². The molecule has 5 nitrogen and oxygen atoms in total. The molecule has 0 aliphatic carbocycles. The van der Waals surface area contributed by atoms with Gasteiger partial charge in [-0.3, -0.25) is 4.79 Å². The average Bonchev–Trinajstić information content (AvgIpc) is 2.31. The number of aromatic nitrogens is 2. The highest BCUT2D eigenvalue weighted by molar-refractivity contribution is 5.92. The molecule has 1 amide bonds. The van der Waals surface area contributed by atoms with Crippen molar-refractivity contribution < 1.29 is 9.53 Å². The molecule has 2 rings (SSSR count). The number of H-pyrrole nitrogens is 1. The highest BCUT2D eigenvalue weighted by Crippen LogP contribution is 2.22. The van der Waals surface area contributed by atoms with E-state index >= 15 is 0 Å². The number of carbonyl (C=O) groups is 1. The SMILES string of the molecule is O=C1CCOc2[nH]ncc2N1. The van der Waals surface area contributed by atoms with Crippen LogP contribution in [0.2, 0.25) is 0 Å². The number of rotatable bonds is 0. The van der Waals surface area contributed by atoms with E-state index in [0.717, 1.165) is 0 Å². The molecule has 0 atom stereocenters. The van der Waals surface area contributed by atoms with Crippen molar-refractivity contribution in [1.82, 2.24) is 10.2 Å². The fourth-order valence-corrected chi connectivity index (χ4v) is 0.932. The minimum absolute atomic E-state index is 0.0369. The Balaban J connectivity index is 2.32. The van der Waals surface area contributed by atoms with Crippen LogP contribution < -0.4 is 10.1 Å².